The minimum Gasteiger partial charge on any atom is -0.376 e. The number of ether oxygens (including phenoxy) is 1. The van der Waals surface area contributed by atoms with E-state index in [9.17, 15) is 22.8 Å². The molecule has 24 heavy (non-hydrogen) atoms. The first-order chi connectivity index (χ1) is 11.3. The highest BCUT2D eigenvalue weighted by Crippen LogP contribution is 2.34. The first-order valence-corrected chi connectivity index (χ1v) is 8.31. The van der Waals surface area contributed by atoms with Crippen LogP contribution in [0.4, 0.5) is 18.9 Å². The number of nitrogens with one attached hydrogen (secondary N) is 2. The van der Waals surface area contributed by atoms with Gasteiger partial charge in [-0.1, -0.05) is 12.1 Å². The maximum atomic E-state index is 12.9. The Hall–Kier alpha value is -1.74. The molecule has 9 heteroatoms. The van der Waals surface area contributed by atoms with Crippen LogP contribution in [-0.4, -0.2) is 42.6 Å². The average molecular weight is 362 g/mol. The summed E-state index contributed by atoms with van der Waals surface area (Å²) >= 11 is 1.67. The van der Waals surface area contributed by atoms with Crippen molar-refractivity contribution in [3.63, 3.8) is 0 Å². The zero-order valence-electron chi connectivity index (χ0n) is 12.9. The fraction of sp³-hybridized carbons (Fsp3) is 0.467. The number of carbonyl (C=O) groups is 2. The Labute approximate surface area is 141 Å². The minimum absolute atomic E-state index is 0.129. The third kappa shape index (κ3) is 4.41. The summed E-state index contributed by atoms with van der Waals surface area (Å²) in [5.41, 5.74) is -2.00. The van der Waals surface area contributed by atoms with Gasteiger partial charge in [0.15, 0.2) is 0 Å². The standard InChI is InChI=1S/C15H17F3N2O3S/c1-23-14(6-7-24-9-14)8-19-12(21)13(22)20-11-5-3-2-4-10(11)15(16,17)18/h2-5H,6-9H2,1H3,(H,19,21)(H,20,22). The Kier molecular flexibility index (Phi) is 5.76. The first-order valence-electron chi connectivity index (χ1n) is 7.16. The van der Waals surface area contributed by atoms with Crippen molar-refractivity contribution in [1.82, 2.24) is 5.32 Å². The SMILES string of the molecule is COC1(CNC(=O)C(=O)Nc2ccccc2C(F)(F)F)CCSC1. The van der Waals surface area contributed by atoms with Crippen molar-refractivity contribution in [2.45, 2.75) is 18.2 Å². The molecule has 1 unspecified atom stereocenters. The lowest BCUT2D eigenvalue weighted by atomic mass is 10.0. The quantitative estimate of drug-likeness (QED) is 0.807. The summed E-state index contributed by atoms with van der Waals surface area (Å²) in [5.74, 6) is -0.583. The molecule has 2 rings (SSSR count). The molecule has 0 saturated carbocycles. The molecule has 1 aliphatic rings. The predicted molar refractivity (Wildman–Crippen MR) is 84.8 cm³/mol. The van der Waals surface area contributed by atoms with E-state index in [-0.39, 0.29) is 6.54 Å². The number of carbonyl (C=O) groups excluding carboxylic acids is 2. The van der Waals surface area contributed by atoms with Crippen molar-refractivity contribution in [3.8, 4) is 0 Å². The molecule has 1 fully saturated rings. The van der Waals surface area contributed by atoms with Gasteiger partial charge in [0.25, 0.3) is 0 Å². The molecule has 0 bridgehead atoms. The maximum absolute atomic E-state index is 12.9. The number of hydrogen-bond acceptors (Lipinski definition) is 4. The van der Waals surface area contributed by atoms with Gasteiger partial charge in [-0.3, -0.25) is 9.59 Å². The van der Waals surface area contributed by atoms with E-state index in [2.05, 4.69) is 5.32 Å². The molecular formula is C15H17F3N2O3S. The molecule has 2 amide bonds. The first kappa shape index (κ1) is 18.6. The van der Waals surface area contributed by atoms with Gasteiger partial charge in [0.2, 0.25) is 0 Å². The molecule has 1 aliphatic heterocycles. The second-order valence-electron chi connectivity index (χ2n) is 5.37. The van der Waals surface area contributed by atoms with Crippen LogP contribution in [0.2, 0.25) is 0 Å². The van der Waals surface area contributed by atoms with Gasteiger partial charge >= 0.3 is 18.0 Å². The van der Waals surface area contributed by atoms with Crippen molar-refractivity contribution in [2.24, 2.45) is 0 Å². The number of para-hydroxylation sites is 1. The van der Waals surface area contributed by atoms with Crippen LogP contribution in [0, 0.1) is 0 Å². The number of amides is 2. The van der Waals surface area contributed by atoms with Crippen LogP contribution in [0.25, 0.3) is 0 Å². The number of alkyl halides is 3. The van der Waals surface area contributed by atoms with Gasteiger partial charge in [0, 0.05) is 19.4 Å². The predicted octanol–water partition coefficient (Wildman–Crippen LogP) is 2.28. The fourth-order valence-corrected chi connectivity index (χ4v) is 3.70. The Morgan fingerprint density at radius 1 is 1.29 bits per heavy atom. The van der Waals surface area contributed by atoms with E-state index in [1.165, 1.54) is 19.2 Å². The number of benzene rings is 1. The Balaban J connectivity index is 1.99. The third-order valence-corrected chi connectivity index (χ3v) is 4.98. The van der Waals surface area contributed by atoms with E-state index in [4.69, 9.17) is 4.74 Å². The van der Waals surface area contributed by atoms with E-state index in [1.807, 2.05) is 5.32 Å². The molecule has 5 nitrogen and oxygen atoms in total. The molecule has 0 aromatic heterocycles. The van der Waals surface area contributed by atoms with Crippen molar-refractivity contribution < 1.29 is 27.5 Å². The van der Waals surface area contributed by atoms with E-state index in [0.717, 1.165) is 24.3 Å². The summed E-state index contributed by atoms with van der Waals surface area (Å²) in [6.07, 6.45) is -3.89. The molecule has 1 aromatic rings. The normalized spacial score (nSPS) is 20.7. The number of thioether (sulfide) groups is 1. The smallest absolute Gasteiger partial charge is 0.376 e. The number of rotatable bonds is 4. The number of hydrogen-bond donors (Lipinski definition) is 2. The van der Waals surface area contributed by atoms with Crippen molar-refractivity contribution >= 4 is 29.3 Å². The zero-order chi connectivity index (χ0) is 17.8. The fourth-order valence-electron chi connectivity index (χ4n) is 2.30. The second kappa shape index (κ2) is 7.43. The van der Waals surface area contributed by atoms with Crippen molar-refractivity contribution in [1.29, 1.82) is 0 Å². The molecule has 0 spiro atoms. The third-order valence-electron chi connectivity index (χ3n) is 3.76. The summed E-state index contributed by atoms with van der Waals surface area (Å²) in [6, 6.07) is 4.48. The topological polar surface area (TPSA) is 67.4 Å². The molecule has 132 valence electrons. The largest absolute Gasteiger partial charge is 0.418 e. The average Bonchev–Trinajstić information content (AvgIpc) is 3.01. The number of methoxy groups -OCH3 is 1. The summed E-state index contributed by atoms with van der Waals surface area (Å²) in [4.78, 5) is 23.7. The molecule has 2 N–H and O–H groups in total. The summed E-state index contributed by atoms with van der Waals surface area (Å²) in [5, 5.41) is 4.43. The van der Waals surface area contributed by atoms with Crippen LogP contribution < -0.4 is 10.6 Å². The molecule has 1 atom stereocenters. The molecule has 1 saturated heterocycles. The second-order valence-corrected chi connectivity index (χ2v) is 6.48. The summed E-state index contributed by atoms with van der Waals surface area (Å²) < 4.78 is 44.0. The van der Waals surface area contributed by atoms with E-state index in [1.54, 1.807) is 11.8 Å². The van der Waals surface area contributed by atoms with E-state index in [0.29, 0.717) is 5.75 Å². The van der Waals surface area contributed by atoms with Gasteiger partial charge in [-0.2, -0.15) is 24.9 Å². The van der Waals surface area contributed by atoms with Gasteiger partial charge in [-0.15, -0.1) is 0 Å². The summed E-state index contributed by atoms with van der Waals surface area (Å²) in [7, 11) is 1.53. The summed E-state index contributed by atoms with van der Waals surface area (Å²) in [6.45, 7) is 0.129. The lowest BCUT2D eigenvalue weighted by Crippen LogP contribution is -2.47. The Morgan fingerprint density at radius 2 is 2.00 bits per heavy atom. The molecule has 0 radical (unpaired) electrons. The zero-order valence-corrected chi connectivity index (χ0v) is 13.7. The maximum Gasteiger partial charge on any atom is 0.418 e. The number of halogens is 3. The Morgan fingerprint density at radius 3 is 2.58 bits per heavy atom. The molecule has 0 aliphatic carbocycles. The minimum atomic E-state index is -4.62. The van der Waals surface area contributed by atoms with Crippen LogP contribution in [0.15, 0.2) is 24.3 Å². The Bertz CT molecular complexity index is 616. The lowest BCUT2D eigenvalue weighted by molar-refractivity contribution is -0.138. The molecule has 1 aromatic carbocycles. The van der Waals surface area contributed by atoms with Gasteiger partial charge in [0.05, 0.1) is 16.9 Å². The monoisotopic (exact) mass is 362 g/mol. The van der Waals surface area contributed by atoms with E-state index < -0.39 is 34.8 Å². The van der Waals surface area contributed by atoms with Gasteiger partial charge in [-0.05, 0) is 24.3 Å². The highest BCUT2D eigenvalue weighted by molar-refractivity contribution is 7.99. The van der Waals surface area contributed by atoms with Crippen LogP contribution >= 0.6 is 11.8 Å². The van der Waals surface area contributed by atoms with Crippen molar-refractivity contribution in [2.75, 3.05) is 30.5 Å². The van der Waals surface area contributed by atoms with Gasteiger partial charge < -0.3 is 15.4 Å². The van der Waals surface area contributed by atoms with E-state index >= 15 is 0 Å². The van der Waals surface area contributed by atoms with Crippen LogP contribution in [0.3, 0.4) is 0 Å². The van der Waals surface area contributed by atoms with Crippen LogP contribution in [0.5, 0.6) is 0 Å². The lowest BCUT2D eigenvalue weighted by Gasteiger charge is -2.26. The van der Waals surface area contributed by atoms with Crippen LogP contribution in [0.1, 0.15) is 12.0 Å². The highest BCUT2D eigenvalue weighted by Gasteiger charge is 2.36. The highest BCUT2D eigenvalue weighted by atomic mass is 32.2. The number of anilines is 1. The molecule has 1 heterocycles. The molecular weight excluding hydrogens is 345 g/mol. The van der Waals surface area contributed by atoms with Crippen LogP contribution in [-0.2, 0) is 20.5 Å². The van der Waals surface area contributed by atoms with Gasteiger partial charge in [0.1, 0.15) is 0 Å². The van der Waals surface area contributed by atoms with Gasteiger partial charge in [-0.25, -0.2) is 0 Å². The van der Waals surface area contributed by atoms with Crippen molar-refractivity contribution in [3.05, 3.63) is 29.8 Å².